The lowest BCUT2D eigenvalue weighted by Gasteiger charge is -2.23. The summed E-state index contributed by atoms with van der Waals surface area (Å²) in [6, 6.07) is 1.43. The van der Waals surface area contributed by atoms with Gasteiger partial charge in [-0.15, -0.1) is 0 Å². The van der Waals surface area contributed by atoms with E-state index in [1.807, 2.05) is 0 Å². The predicted octanol–water partition coefficient (Wildman–Crippen LogP) is -0.301. The van der Waals surface area contributed by atoms with Crippen molar-refractivity contribution in [2.75, 3.05) is 40.3 Å². The molecule has 2 unspecified atom stereocenters. The van der Waals surface area contributed by atoms with E-state index in [9.17, 15) is 16.8 Å². The summed E-state index contributed by atoms with van der Waals surface area (Å²) in [5, 5.41) is 3.12. The molecular formula is C13H20N4O4S2. The smallest absolute Gasteiger partial charge is 0.227 e. The Morgan fingerprint density at radius 2 is 1.83 bits per heavy atom. The summed E-state index contributed by atoms with van der Waals surface area (Å²) in [7, 11) is -4.14. The predicted molar refractivity (Wildman–Crippen MR) is 88.2 cm³/mol. The van der Waals surface area contributed by atoms with Gasteiger partial charge in [-0.05, 0) is 18.9 Å². The van der Waals surface area contributed by atoms with Crippen LogP contribution in [0, 0.1) is 0 Å². The van der Waals surface area contributed by atoms with E-state index in [0.717, 1.165) is 0 Å². The van der Waals surface area contributed by atoms with Crippen LogP contribution in [0.15, 0.2) is 12.3 Å². The van der Waals surface area contributed by atoms with Gasteiger partial charge in [0.25, 0.3) is 0 Å². The number of aromatic nitrogens is 2. The van der Waals surface area contributed by atoms with Gasteiger partial charge in [0.05, 0.1) is 23.0 Å². The third-order valence-electron chi connectivity index (χ3n) is 4.30. The van der Waals surface area contributed by atoms with Crippen molar-refractivity contribution in [3.63, 3.8) is 0 Å². The molecule has 0 aromatic carbocycles. The molecule has 0 aliphatic carbocycles. The zero-order valence-electron chi connectivity index (χ0n) is 12.8. The molecule has 3 rings (SSSR count). The van der Waals surface area contributed by atoms with Crippen LogP contribution in [0.1, 0.15) is 12.8 Å². The fourth-order valence-corrected chi connectivity index (χ4v) is 6.41. The molecule has 3 heterocycles. The molecule has 23 heavy (non-hydrogen) atoms. The van der Waals surface area contributed by atoms with Gasteiger partial charge in [-0.25, -0.2) is 21.8 Å². The Kier molecular flexibility index (Phi) is 4.21. The van der Waals surface area contributed by atoms with Crippen molar-refractivity contribution in [2.24, 2.45) is 0 Å². The molecule has 1 N–H and O–H groups in total. The maximum atomic E-state index is 11.6. The van der Waals surface area contributed by atoms with Crippen LogP contribution < -0.4 is 10.2 Å². The Hall–Kier alpha value is -1.42. The number of anilines is 2. The van der Waals surface area contributed by atoms with Gasteiger partial charge >= 0.3 is 0 Å². The minimum absolute atomic E-state index is 0.114. The minimum atomic E-state index is -2.97. The van der Waals surface area contributed by atoms with Crippen LogP contribution in [-0.4, -0.2) is 68.9 Å². The van der Waals surface area contributed by atoms with E-state index in [0.29, 0.717) is 24.6 Å². The zero-order chi connectivity index (χ0) is 16.7. The van der Waals surface area contributed by atoms with Gasteiger partial charge in [0.1, 0.15) is 5.82 Å². The van der Waals surface area contributed by atoms with Crippen LogP contribution in [0.2, 0.25) is 0 Å². The number of nitrogens with one attached hydrogen (secondary N) is 1. The quantitative estimate of drug-likeness (QED) is 0.779. The third-order valence-corrected chi connectivity index (χ3v) is 7.82. The standard InChI is InChI=1S/C13H20N4O4S2/c1-17(11-4-7-23(20,21)9-11)13-14-5-2-12(16-13)15-10-3-6-22(18,19)8-10/h2,5,10-11H,3-4,6-9H2,1H3,(H,14,15,16). The molecule has 0 radical (unpaired) electrons. The molecule has 2 aliphatic heterocycles. The van der Waals surface area contributed by atoms with Crippen molar-refractivity contribution in [3.05, 3.63) is 12.3 Å². The highest BCUT2D eigenvalue weighted by Gasteiger charge is 2.32. The average Bonchev–Trinajstić information content (AvgIpc) is 3.00. The molecule has 0 saturated carbocycles. The lowest BCUT2D eigenvalue weighted by molar-refractivity contribution is 0.599. The highest BCUT2D eigenvalue weighted by molar-refractivity contribution is 7.91. The van der Waals surface area contributed by atoms with E-state index in [-0.39, 0.29) is 35.1 Å². The second-order valence-corrected chi connectivity index (χ2v) is 10.6. The van der Waals surface area contributed by atoms with Crippen LogP contribution in [0.4, 0.5) is 11.8 Å². The van der Waals surface area contributed by atoms with E-state index in [4.69, 9.17) is 0 Å². The maximum Gasteiger partial charge on any atom is 0.227 e. The minimum Gasteiger partial charge on any atom is -0.366 e. The number of nitrogens with zero attached hydrogens (tertiary/aromatic N) is 3. The second-order valence-electron chi connectivity index (χ2n) is 6.15. The summed E-state index contributed by atoms with van der Waals surface area (Å²) in [5.41, 5.74) is 0. The molecule has 1 aromatic heterocycles. The fraction of sp³-hybridized carbons (Fsp3) is 0.692. The highest BCUT2D eigenvalue weighted by Crippen LogP contribution is 2.22. The van der Waals surface area contributed by atoms with Crippen molar-refractivity contribution in [1.29, 1.82) is 0 Å². The van der Waals surface area contributed by atoms with E-state index >= 15 is 0 Å². The van der Waals surface area contributed by atoms with Crippen LogP contribution in [0.25, 0.3) is 0 Å². The summed E-state index contributed by atoms with van der Waals surface area (Å²) in [4.78, 5) is 10.4. The first-order chi connectivity index (χ1) is 10.7. The molecule has 2 aliphatic rings. The number of rotatable bonds is 4. The third kappa shape index (κ3) is 3.92. The molecule has 0 spiro atoms. The zero-order valence-corrected chi connectivity index (χ0v) is 14.5. The van der Waals surface area contributed by atoms with Crippen molar-refractivity contribution < 1.29 is 16.8 Å². The molecule has 2 atom stereocenters. The topological polar surface area (TPSA) is 109 Å². The largest absolute Gasteiger partial charge is 0.366 e. The van der Waals surface area contributed by atoms with E-state index < -0.39 is 19.7 Å². The van der Waals surface area contributed by atoms with Crippen LogP contribution >= 0.6 is 0 Å². The van der Waals surface area contributed by atoms with Crippen molar-refractivity contribution >= 4 is 31.4 Å². The Morgan fingerprint density at radius 3 is 2.43 bits per heavy atom. The van der Waals surface area contributed by atoms with Gasteiger partial charge in [-0.1, -0.05) is 0 Å². The lowest BCUT2D eigenvalue weighted by atomic mass is 10.2. The molecule has 0 amide bonds. The van der Waals surface area contributed by atoms with E-state index in [1.165, 1.54) is 0 Å². The summed E-state index contributed by atoms with van der Waals surface area (Å²) in [5.74, 6) is 1.62. The van der Waals surface area contributed by atoms with Gasteiger partial charge < -0.3 is 10.2 Å². The SMILES string of the molecule is CN(c1nccc(NC2CCS(=O)(=O)C2)n1)C1CCS(=O)(=O)C1. The average molecular weight is 360 g/mol. The fourth-order valence-electron chi connectivity index (χ4n) is 2.96. The summed E-state index contributed by atoms with van der Waals surface area (Å²) in [6.07, 6.45) is 2.73. The number of hydrogen-bond acceptors (Lipinski definition) is 8. The molecular weight excluding hydrogens is 340 g/mol. The number of sulfone groups is 2. The second kappa shape index (κ2) is 5.90. The molecule has 2 saturated heterocycles. The van der Waals surface area contributed by atoms with Gasteiger partial charge in [-0.3, -0.25) is 0 Å². The first-order valence-electron chi connectivity index (χ1n) is 7.47. The monoisotopic (exact) mass is 360 g/mol. The molecule has 0 bridgehead atoms. The summed E-state index contributed by atoms with van der Waals surface area (Å²) >= 11 is 0. The summed E-state index contributed by atoms with van der Waals surface area (Å²) in [6.45, 7) is 0. The Labute approximate surface area is 136 Å². The van der Waals surface area contributed by atoms with Crippen molar-refractivity contribution in [3.8, 4) is 0 Å². The Balaban J connectivity index is 1.70. The van der Waals surface area contributed by atoms with Crippen molar-refractivity contribution in [1.82, 2.24) is 9.97 Å². The Morgan fingerprint density at radius 1 is 1.13 bits per heavy atom. The number of hydrogen-bond donors (Lipinski definition) is 1. The molecule has 10 heteroatoms. The van der Waals surface area contributed by atoms with Crippen LogP contribution in [0.5, 0.6) is 0 Å². The highest BCUT2D eigenvalue weighted by atomic mass is 32.2. The van der Waals surface area contributed by atoms with E-state index in [2.05, 4.69) is 15.3 Å². The van der Waals surface area contributed by atoms with Gasteiger partial charge in [0, 0.05) is 25.3 Å². The van der Waals surface area contributed by atoms with Gasteiger partial charge in [-0.2, -0.15) is 4.98 Å². The summed E-state index contributed by atoms with van der Waals surface area (Å²) < 4.78 is 46.2. The Bertz CT molecular complexity index is 794. The first-order valence-corrected chi connectivity index (χ1v) is 11.1. The van der Waals surface area contributed by atoms with Crippen molar-refractivity contribution in [2.45, 2.75) is 24.9 Å². The maximum absolute atomic E-state index is 11.6. The molecule has 2 fully saturated rings. The molecule has 8 nitrogen and oxygen atoms in total. The molecule has 128 valence electrons. The van der Waals surface area contributed by atoms with E-state index in [1.54, 1.807) is 24.2 Å². The van der Waals surface area contributed by atoms with Gasteiger partial charge in [0.15, 0.2) is 19.7 Å². The first kappa shape index (κ1) is 16.4. The van der Waals surface area contributed by atoms with Gasteiger partial charge in [0.2, 0.25) is 5.95 Å². The molecule has 1 aromatic rings. The van der Waals surface area contributed by atoms with Crippen LogP contribution in [0.3, 0.4) is 0 Å². The lowest BCUT2D eigenvalue weighted by Crippen LogP contribution is -2.34. The normalized spacial score (nSPS) is 28.6. The van der Waals surface area contributed by atoms with Crippen LogP contribution in [-0.2, 0) is 19.7 Å².